The fraction of sp³-hybridized carbons (Fsp3) is 0.0556. The van der Waals surface area contributed by atoms with E-state index in [-0.39, 0.29) is 5.91 Å². The van der Waals surface area contributed by atoms with Crippen molar-refractivity contribution in [1.82, 2.24) is 10.4 Å². The molecule has 4 nitrogen and oxygen atoms in total. The van der Waals surface area contributed by atoms with Gasteiger partial charge < -0.3 is 0 Å². The summed E-state index contributed by atoms with van der Waals surface area (Å²) in [5, 5.41) is 5.28. The normalized spacial score (nSPS) is 11.0. The molecule has 3 rings (SSSR count). The molecule has 0 unspecified atom stereocenters. The molecule has 120 valence electrons. The number of hydrogen-bond donors (Lipinski definition) is 1. The molecule has 6 heteroatoms. The van der Waals surface area contributed by atoms with Crippen LogP contribution in [0.25, 0.3) is 10.9 Å². The second kappa shape index (κ2) is 7.95. The van der Waals surface area contributed by atoms with Crippen molar-refractivity contribution in [2.45, 2.75) is 4.90 Å². The number of aromatic nitrogens is 1. The number of nitrogens with one attached hydrogen (secondary N) is 1. The van der Waals surface area contributed by atoms with Gasteiger partial charge in [-0.15, -0.1) is 11.8 Å². The van der Waals surface area contributed by atoms with Gasteiger partial charge in [0, 0.05) is 15.8 Å². The Bertz CT molecular complexity index is 884. The summed E-state index contributed by atoms with van der Waals surface area (Å²) in [6.07, 6.45) is 1.51. The molecule has 1 aromatic heterocycles. The van der Waals surface area contributed by atoms with E-state index in [2.05, 4.69) is 15.5 Å². The summed E-state index contributed by atoms with van der Waals surface area (Å²) >= 11 is 7.60. The van der Waals surface area contributed by atoms with Crippen LogP contribution in [0.1, 0.15) is 5.56 Å². The van der Waals surface area contributed by atoms with Gasteiger partial charge in [-0.05, 0) is 24.3 Å². The number of rotatable bonds is 5. The molecule has 2 aromatic carbocycles. The zero-order valence-corrected chi connectivity index (χ0v) is 14.2. The Morgan fingerprint density at radius 1 is 1.17 bits per heavy atom. The molecule has 0 spiro atoms. The van der Waals surface area contributed by atoms with E-state index in [0.717, 1.165) is 15.8 Å². The SMILES string of the molecule is O=C(CSc1ccccc1)N/N=C\c1cc2ccccc2nc1Cl. The van der Waals surface area contributed by atoms with Gasteiger partial charge in [0.1, 0.15) is 5.15 Å². The van der Waals surface area contributed by atoms with Gasteiger partial charge in [0.05, 0.1) is 17.5 Å². The summed E-state index contributed by atoms with van der Waals surface area (Å²) in [4.78, 5) is 17.2. The van der Waals surface area contributed by atoms with Crippen molar-refractivity contribution in [2.75, 3.05) is 5.75 Å². The van der Waals surface area contributed by atoms with Gasteiger partial charge in [-0.2, -0.15) is 5.10 Å². The molecule has 0 radical (unpaired) electrons. The van der Waals surface area contributed by atoms with Gasteiger partial charge >= 0.3 is 0 Å². The highest BCUT2D eigenvalue weighted by Gasteiger charge is 2.04. The van der Waals surface area contributed by atoms with E-state index in [1.165, 1.54) is 18.0 Å². The van der Waals surface area contributed by atoms with Crippen LogP contribution in [0, 0.1) is 0 Å². The predicted octanol–water partition coefficient (Wildman–Crippen LogP) is 4.13. The van der Waals surface area contributed by atoms with Crippen molar-refractivity contribution in [2.24, 2.45) is 5.10 Å². The minimum absolute atomic E-state index is 0.176. The lowest BCUT2D eigenvalue weighted by Crippen LogP contribution is -2.19. The molecule has 1 N–H and O–H groups in total. The van der Waals surface area contributed by atoms with Crippen molar-refractivity contribution < 1.29 is 4.79 Å². The maximum absolute atomic E-state index is 11.8. The van der Waals surface area contributed by atoms with E-state index >= 15 is 0 Å². The molecular formula is C18H14ClN3OS. The third-order valence-electron chi connectivity index (χ3n) is 3.21. The van der Waals surface area contributed by atoms with Crippen LogP contribution in [-0.2, 0) is 4.79 Å². The van der Waals surface area contributed by atoms with Crippen LogP contribution in [0.15, 0.2) is 70.7 Å². The number of hydrazone groups is 1. The van der Waals surface area contributed by atoms with E-state index < -0.39 is 0 Å². The fourth-order valence-electron chi connectivity index (χ4n) is 2.07. The summed E-state index contributed by atoms with van der Waals surface area (Å²) in [5.74, 6) is 0.121. The molecule has 0 saturated carbocycles. The number of fused-ring (bicyclic) bond motifs is 1. The van der Waals surface area contributed by atoms with Gasteiger partial charge in [-0.25, -0.2) is 10.4 Å². The standard InChI is InChI=1S/C18H14ClN3OS/c19-18-14(10-13-6-4-5-9-16(13)21-18)11-20-22-17(23)12-24-15-7-2-1-3-8-15/h1-11H,12H2,(H,22,23)/b20-11-. The molecule has 0 bridgehead atoms. The number of para-hydroxylation sites is 1. The lowest BCUT2D eigenvalue weighted by atomic mass is 10.2. The number of benzene rings is 2. The largest absolute Gasteiger partial charge is 0.272 e. The predicted molar refractivity (Wildman–Crippen MR) is 99.7 cm³/mol. The molecule has 3 aromatic rings. The maximum atomic E-state index is 11.8. The van der Waals surface area contributed by atoms with E-state index in [1.807, 2.05) is 60.7 Å². The molecule has 0 saturated heterocycles. The van der Waals surface area contributed by atoms with Gasteiger partial charge in [-0.3, -0.25) is 4.79 Å². The zero-order valence-electron chi connectivity index (χ0n) is 12.6. The number of nitrogens with zero attached hydrogens (tertiary/aromatic N) is 2. The molecule has 0 aliphatic heterocycles. The van der Waals surface area contributed by atoms with Crippen molar-refractivity contribution in [3.8, 4) is 0 Å². The first kappa shape index (κ1) is 16.5. The van der Waals surface area contributed by atoms with E-state index in [0.29, 0.717) is 16.5 Å². The Balaban J connectivity index is 1.59. The molecule has 24 heavy (non-hydrogen) atoms. The summed E-state index contributed by atoms with van der Waals surface area (Å²) in [6.45, 7) is 0. The number of thioether (sulfide) groups is 1. The van der Waals surface area contributed by atoms with Crippen molar-refractivity contribution >= 4 is 46.4 Å². The first-order chi connectivity index (χ1) is 11.7. The summed E-state index contributed by atoms with van der Waals surface area (Å²) in [7, 11) is 0. The second-order valence-electron chi connectivity index (χ2n) is 4.96. The maximum Gasteiger partial charge on any atom is 0.250 e. The average Bonchev–Trinajstić information content (AvgIpc) is 2.61. The molecular weight excluding hydrogens is 342 g/mol. The van der Waals surface area contributed by atoms with Crippen LogP contribution in [0.4, 0.5) is 0 Å². The Morgan fingerprint density at radius 2 is 1.92 bits per heavy atom. The van der Waals surface area contributed by atoms with Crippen molar-refractivity contribution in [1.29, 1.82) is 0 Å². The topological polar surface area (TPSA) is 54.4 Å². The molecule has 0 atom stereocenters. The third-order valence-corrected chi connectivity index (χ3v) is 4.53. The quantitative estimate of drug-likeness (QED) is 0.324. The molecule has 1 heterocycles. The summed E-state index contributed by atoms with van der Waals surface area (Å²) < 4.78 is 0. The number of amides is 1. The van der Waals surface area contributed by atoms with Gasteiger partial charge in [-0.1, -0.05) is 48.0 Å². The monoisotopic (exact) mass is 355 g/mol. The number of carbonyl (C=O) groups is 1. The van der Waals surface area contributed by atoms with Crippen LogP contribution in [0.2, 0.25) is 5.15 Å². The van der Waals surface area contributed by atoms with Gasteiger partial charge in [0.2, 0.25) is 5.91 Å². The van der Waals surface area contributed by atoms with Crippen LogP contribution in [0.3, 0.4) is 0 Å². The highest BCUT2D eigenvalue weighted by atomic mass is 35.5. The molecule has 0 aliphatic rings. The highest BCUT2D eigenvalue weighted by molar-refractivity contribution is 8.00. The fourth-order valence-corrected chi connectivity index (χ4v) is 2.98. The Labute approximate surface area is 148 Å². The molecule has 0 fully saturated rings. The third kappa shape index (κ3) is 4.34. The first-order valence-electron chi connectivity index (χ1n) is 7.27. The number of pyridine rings is 1. The number of carbonyl (C=O) groups excluding carboxylic acids is 1. The summed E-state index contributed by atoms with van der Waals surface area (Å²) in [6, 6.07) is 19.3. The molecule has 0 aliphatic carbocycles. The van der Waals surface area contributed by atoms with Crippen molar-refractivity contribution in [3.05, 3.63) is 71.4 Å². The second-order valence-corrected chi connectivity index (χ2v) is 6.36. The first-order valence-corrected chi connectivity index (χ1v) is 8.64. The van der Waals surface area contributed by atoms with E-state index in [4.69, 9.17) is 11.6 Å². The Kier molecular flexibility index (Phi) is 5.46. The minimum Gasteiger partial charge on any atom is -0.272 e. The van der Waals surface area contributed by atoms with Gasteiger partial charge in [0.15, 0.2) is 0 Å². The van der Waals surface area contributed by atoms with E-state index in [1.54, 1.807) is 0 Å². The van der Waals surface area contributed by atoms with Crippen LogP contribution >= 0.6 is 23.4 Å². The lowest BCUT2D eigenvalue weighted by Gasteiger charge is -2.02. The van der Waals surface area contributed by atoms with E-state index in [9.17, 15) is 4.79 Å². The van der Waals surface area contributed by atoms with Crippen LogP contribution < -0.4 is 5.43 Å². The number of halogens is 1. The lowest BCUT2D eigenvalue weighted by molar-refractivity contribution is -0.118. The Hall–Kier alpha value is -2.37. The number of hydrogen-bond acceptors (Lipinski definition) is 4. The Morgan fingerprint density at radius 3 is 2.75 bits per heavy atom. The minimum atomic E-state index is -0.176. The van der Waals surface area contributed by atoms with Crippen LogP contribution in [-0.4, -0.2) is 22.9 Å². The smallest absolute Gasteiger partial charge is 0.250 e. The van der Waals surface area contributed by atoms with Crippen molar-refractivity contribution in [3.63, 3.8) is 0 Å². The summed E-state index contributed by atoms with van der Waals surface area (Å²) in [5.41, 5.74) is 3.98. The van der Waals surface area contributed by atoms with Gasteiger partial charge in [0.25, 0.3) is 0 Å². The average molecular weight is 356 g/mol. The molecule has 1 amide bonds. The van der Waals surface area contributed by atoms with Crippen LogP contribution in [0.5, 0.6) is 0 Å². The zero-order chi connectivity index (χ0) is 16.8. The highest BCUT2D eigenvalue weighted by Crippen LogP contribution is 2.19.